The molecule has 1 saturated heterocycles. The maximum atomic E-state index is 12.6. The highest BCUT2D eigenvalue weighted by Gasteiger charge is 2.30. The summed E-state index contributed by atoms with van der Waals surface area (Å²) < 4.78 is 0. The lowest BCUT2D eigenvalue weighted by molar-refractivity contribution is -0.133. The van der Waals surface area contributed by atoms with Gasteiger partial charge in [-0.2, -0.15) is 0 Å². The predicted octanol–water partition coefficient (Wildman–Crippen LogP) is 3.02. The molecule has 0 radical (unpaired) electrons. The molecule has 1 heterocycles. The molecule has 0 atom stereocenters. The van der Waals surface area contributed by atoms with Gasteiger partial charge in [0.15, 0.2) is 0 Å². The smallest absolute Gasteiger partial charge is 0.245 e. The minimum atomic E-state index is -0.405. The van der Waals surface area contributed by atoms with Gasteiger partial charge in [-0.15, -0.1) is 0 Å². The zero-order chi connectivity index (χ0) is 17.7. The molecule has 2 rings (SSSR count). The van der Waals surface area contributed by atoms with Gasteiger partial charge in [0.2, 0.25) is 11.8 Å². The quantitative estimate of drug-likeness (QED) is 0.845. The first-order chi connectivity index (χ1) is 11.4. The van der Waals surface area contributed by atoms with Crippen LogP contribution in [-0.4, -0.2) is 29.8 Å². The molecule has 0 bridgehead atoms. The van der Waals surface area contributed by atoms with Gasteiger partial charge in [0.05, 0.1) is 5.54 Å². The van der Waals surface area contributed by atoms with Crippen molar-refractivity contribution in [2.75, 3.05) is 13.1 Å². The topological polar surface area (TPSA) is 49.4 Å². The van der Waals surface area contributed by atoms with Crippen molar-refractivity contribution in [2.24, 2.45) is 5.92 Å². The van der Waals surface area contributed by atoms with E-state index in [0.29, 0.717) is 25.9 Å². The van der Waals surface area contributed by atoms with Gasteiger partial charge in [-0.05, 0) is 50.3 Å². The molecule has 2 amide bonds. The fourth-order valence-electron chi connectivity index (χ4n) is 3.13. The maximum Gasteiger partial charge on any atom is 0.245 e. The summed E-state index contributed by atoms with van der Waals surface area (Å²) in [6.07, 6.45) is 3.76. The van der Waals surface area contributed by atoms with Crippen molar-refractivity contribution in [1.82, 2.24) is 10.2 Å². The summed E-state index contributed by atoms with van der Waals surface area (Å²) in [4.78, 5) is 26.0. The standard InChI is InChI=1S/C20H28N2O2/c1-5-15-7-9-17(10-8-15)20(3,4)21-19(24)16-11-13-22(14-12-16)18(23)6-2/h6-10,16H,2,5,11-14H2,1,3-4H3,(H,21,24). The molecule has 0 aromatic heterocycles. The number of rotatable bonds is 5. The van der Waals surface area contributed by atoms with Crippen LogP contribution in [0.1, 0.15) is 44.7 Å². The van der Waals surface area contributed by atoms with Crippen molar-refractivity contribution in [3.8, 4) is 0 Å². The molecule has 1 N–H and O–H groups in total. The first kappa shape index (κ1) is 18.2. The highest BCUT2D eigenvalue weighted by molar-refractivity contribution is 5.87. The maximum absolute atomic E-state index is 12.6. The van der Waals surface area contributed by atoms with E-state index < -0.39 is 5.54 Å². The Balaban J connectivity index is 1.95. The lowest BCUT2D eigenvalue weighted by Crippen LogP contribution is -2.47. The Kier molecular flexibility index (Phi) is 5.81. The molecule has 130 valence electrons. The van der Waals surface area contributed by atoms with E-state index in [-0.39, 0.29) is 17.7 Å². The van der Waals surface area contributed by atoms with Crippen LogP contribution in [0.2, 0.25) is 0 Å². The second-order valence-corrected chi connectivity index (χ2v) is 6.97. The SMILES string of the molecule is C=CC(=O)N1CCC(C(=O)NC(C)(C)c2ccc(CC)cc2)CC1. The molecule has 4 nitrogen and oxygen atoms in total. The van der Waals surface area contributed by atoms with Crippen LogP contribution in [0, 0.1) is 5.92 Å². The summed E-state index contributed by atoms with van der Waals surface area (Å²) in [5.74, 6) is -0.0106. The lowest BCUT2D eigenvalue weighted by atomic mass is 9.90. The third kappa shape index (κ3) is 4.25. The van der Waals surface area contributed by atoms with E-state index in [4.69, 9.17) is 0 Å². The van der Waals surface area contributed by atoms with Crippen molar-refractivity contribution < 1.29 is 9.59 Å². The van der Waals surface area contributed by atoms with E-state index in [0.717, 1.165) is 12.0 Å². The summed E-state index contributed by atoms with van der Waals surface area (Å²) in [5.41, 5.74) is 1.99. The summed E-state index contributed by atoms with van der Waals surface area (Å²) >= 11 is 0. The van der Waals surface area contributed by atoms with Crippen LogP contribution in [0.3, 0.4) is 0 Å². The van der Waals surface area contributed by atoms with Gasteiger partial charge < -0.3 is 10.2 Å². The number of hydrogen-bond acceptors (Lipinski definition) is 2. The number of carbonyl (C=O) groups is 2. The predicted molar refractivity (Wildman–Crippen MR) is 96.5 cm³/mol. The van der Waals surface area contributed by atoms with Crippen molar-refractivity contribution in [1.29, 1.82) is 0 Å². The summed E-state index contributed by atoms with van der Waals surface area (Å²) in [7, 11) is 0. The highest BCUT2D eigenvalue weighted by Crippen LogP contribution is 2.24. The van der Waals surface area contributed by atoms with E-state index in [1.807, 2.05) is 13.8 Å². The van der Waals surface area contributed by atoms with Crippen LogP contribution in [0.4, 0.5) is 0 Å². The zero-order valence-electron chi connectivity index (χ0n) is 15.0. The molecule has 1 aliphatic heterocycles. The molecule has 24 heavy (non-hydrogen) atoms. The summed E-state index contributed by atoms with van der Waals surface area (Å²) in [5, 5.41) is 3.18. The number of hydrogen-bond donors (Lipinski definition) is 1. The highest BCUT2D eigenvalue weighted by atomic mass is 16.2. The van der Waals surface area contributed by atoms with Gasteiger partial charge in [0.1, 0.15) is 0 Å². The molecule has 1 aliphatic rings. The van der Waals surface area contributed by atoms with Crippen molar-refractivity contribution in [2.45, 2.75) is 45.6 Å². The number of likely N-dealkylation sites (tertiary alicyclic amines) is 1. The molecule has 0 unspecified atom stereocenters. The Morgan fingerprint density at radius 2 is 1.83 bits per heavy atom. The number of nitrogens with one attached hydrogen (secondary N) is 1. The van der Waals surface area contributed by atoms with E-state index in [9.17, 15) is 9.59 Å². The van der Waals surface area contributed by atoms with E-state index in [2.05, 4.69) is 43.1 Å². The van der Waals surface area contributed by atoms with Gasteiger partial charge in [-0.1, -0.05) is 37.8 Å². The number of benzene rings is 1. The van der Waals surface area contributed by atoms with Crippen LogP contribution in [0.5, 0.6) is 0 Å². The Morgan fingerprint density at radius 1 is 1.25 bits per heavy atom. The Labute approximate surface area is 144 Å². The largest absolute Gasteiger partial charge is 0.347 e. The first-order valence-corrected chi connectivity index (χ1v) is 8.70. The van der Waals surface area contributed by atoms with Crippen LogP contribution in [0.15, 0.2) is 36.9 Å². The summed E-state index contributed by atoms with van der Waals surface area (Å²) in [6.45, 7) is 10.9. The van der Waals surface area contributed by atoms with Gasteiger partial charge in [-0.3, -0.25) is 9.59 Å². The number of nitrogens with zero attached hydrogens (tertiary/aromatic N) is 1. The second kappa shape index (κ2) is 7.65. The fraction of sp³-hybridized carbons (Fsp3) is 0.500. The minimum absolute atomic E-state index is 0.0342. The van der Waals surface area contributed by atoms with Gasteiger partial charge in [-0.25, -0.2) is 0 Å². The molecule has 0 spiro atoms. The average Bonchev–Trinajstić information content (AvgIpc) is 2.60. The Morgan fingerprint density at radius 3 is 2.33 bits per heavy atom. The minimum Gasteiger partial charge on any atom is -0.347 e. The average molecular weight is 328 g/mol. The molecule has 0 saturated carbocycles. The number of amides is 2. The molecule has 1 aromatic rings. The normalized spacial score (nSPS) is 15.9. The van der Waals surface area contributed by atoms with Crippen LogP contribution < -0.4 is 5.32 Å². The monoisotopic (exact) mass is 328 g/mol. The van der Waals surface area contributed by atoms with Crippen molar-refractivity contribution in [3.63, 3.8) is 0 Å². The molecular formula is C20H28N2O2. The lowest BCUT2D eigenvalue weighted by Gasteiger charge is -2.34. The molecule has 1 aromatic carbocycles. The number of piperidine rings is 1. The third-order valence-electron chi connectivity index (χ3n) is 4.87. The van der Waals surface area contributed by atoms with Crippen LogP contribution in [-0.2, 0) is 21.5 Å². The number of carbonyl (C=O) groups excluding carboxylic acids is 2. The number of aryl methyl sites for hydroxylation is 1. The van der Waals surface area contributed by atoms with Gasteiger partial charge >= 0.3 is 0 Å². The van der Waals surface area contributed by atoms with E-state index in [1.54, 1.807) is 4.90 Å². The molecular weight excluding hydrogens is 300 g/mol. The molecule has 4 heteroatoms. The van der Waals surface area contributed by atoms with Crippen molar-refractivity contribution in [3.05, 3.63) is 48.0 Å². The second-order valence-electron chi connectivity index (χ2n) is 6.97. The van der Waals surface area contributed by atoms with Gasteiger partial charge in [0, 0.05) is 19.0 Å². The van der Waals surface area contributed by atoms with Crippen molar-refractivity contribution >= 4 is 11.8 Å². The third-order valence-corrected chi connectivity index (χ3v) is 4.87. The van der Waals surface area contributed by atoms with E-state index >= 15 is 0 Å². The Bertz CT molecular complexity index is 597. The van der Waals surface area contributed by atoms with Crippen LogP contribution >= 0.6 is 0 Å². The fourth-order valence-corrected chi connectivity index (χ4v) is 3.13. The molecule has 1 fully saturated rings. The molecule has 0 aliphatic carbocycles. The van der Waals surface area contributed by atoms with Crippen LogP contribution in [0.25, 0.3) is 0 Å². The Hall–Kier alpha value is -2.10. The summed E-state index contributed by atoms with van der Waals surface area (Å²) in [6, 6.07) is 8.40. The van der Waals surface area contributed by atoms with Gasteiger partial charge in [0.25, 0.3) is 0 Å². The van der Waals surface area contributed by atoms with E-state index in [1.165, 1.54) is 11.6 Å². The zero-order valence-corrected chi connectivity index (χ0v) is 15.0. The first-order valence-electron chi connectivity index (χ1n) is 8.70.